The van der Waals surface area contributed by atoms with Gasteiger partial charge in [-0.25, -0.2) is 0 Å². The molecule has 6 nitrogen and oxygen atoms in total. The highest BCUT2D eigenvalue weighted by molar-refractivity contribution is 7.98. The summed E-state index contributed by atoms with van der Waals surface area (Å²) in [6.45, 7) is 5.02. The van der Waals surface area contributed by atoms with Crippen LogP contribution in [-0.4, -0.2) is 31.9 Å². The molecule has 9 heteroatoms. The second-order valence-corrected chi connectivity index (χ2v) is 9.18. The molecule has 0 aliphatic carbocycles. The summed E-state index contributed by atoms with van der Waals surface area (Å²) in [7, 11) is 0. The first-order valence-corrected chi connectivity index (χ1v) is 11.7. The molecule has 162 valence electrons. The first-order chi connectivity index (χ1) is 15.0. The van der Waals surface area contributed by atoms with Crippen LogP contribution in [0, 0.1) is 0 Å². The second-order valence-electron chi connectivity index (χ2n) is 7.39. The lowest BCUT2D eigenvalue weighted by molar-refractivity contribution is 0.0748. The number of fused-ring (bicyclic) bond motifs is 3. The smallest absolute Gasteiger partial charge is 0.262 e. The van der Waals surface area contributed by atoms with E-state index in [1.54, 1.807) is 16.7 Å². The zero-order chi connectivity index (χ0) is 22.0. The lowest BCUT2D eigenvalue weighted by atomic mass is 10.2. The molecule has 2 aromatic heterocycles. The van der Waals surface area contributed by atoms with Gasteiger partial charge < -0.3 is 4.74 Å². The van der Waals surface area contributed by atoms with Gasteiger partial charge in [0.1, 0.15) is 0 Å². The molecule has 0 N–H and O–H groups in total. The molecule has 0 spiro atoms. The van der Waals surface area contributed by atoms with Crippen LogP contribution in [0.4, 0.5) is 0 Å². The first-order valence-electron chi connectivity index (χ1n) is 10.0. The third-order valence-electron chi connectivity index (χ3n) is 4.82. The minimum Gasteiger partial charge on any atom is -0.379 e. The summed E-state index contributed by atoms with van der Waals surface area (Å²) >= 11 is 14.0. The maximum absolute atomic E-state index is 13.2. The second kappa shape index (κ2) is 9.61. The van der Waals surface area contributed by atoms with Crippen molar-refractivity contribution in [2.75, 3.05) is 6.61 Å². The molecule has 4 rings (SSSR count). The number of halogens is 2. The van der Waals surface area contributed by atoms with E-state index in [1.165, 1.54) is 11.8 Å². The average Bonchev–Trinajstić information content (AvgIpc) is 3.16. The van der Waals surface area contributed by atoms with E-state index in [0.717, 1.165) is 11.1 Å². The minimum absolute atomic E-state index is 0.135. The number of benzene rings is 2. The van der Waals surface area contributed by atoms with E-state index < -0.39 is 0 Å². The van der Waals surface area contributed by atoms with Gasteiger partial charge in [-0.2, -0.15) is 0 Å². The largest absolute Gasteiger partial charge is 0.379 e. The molecule has 4 aromatic rings. The van der Waals surface area contributed by atoms with Crippen molar-refractivity contribution in [1.82, 2.24) is 19.2 Å². The van der Waals surface area contributed by atoms with E-state index in [9.17, 15) is 4.79 Å². The summed E-state index contributed by atoms with van der Waals surface area (Å²) in [6.07, 6.45) is 0.836. The van der Waals surface area contributed by atoms with Crippen LogP contribution in [0.25, 0.3) is 16.7 Å². The Morgan fingerprint density at radius 2 is 1.94 bits per heavy atom. The number of aromatic nitrogens is 4. The topological polar surface area (TPSA) is 61.4 Å². The molecule has 0 aliphatic rings. The monoisotopic (exact) mass is 476 g/mol. The predicted molar refractivity (Wildman–Crippen MR) is 126 cm³/mol. The Balaban J connectivity index is 1.76. The highest BCUT2D eigenvalue weighted by Crippen LogP contribution is 2.28. The van der Waals surface area contributed by atoms with E-state index in [0.29, 0.717) is 51.7 Å². The maximum Gasteiger partial charge on any atom is 0.262 e. The third kappa shape index (κ3) is 4.75. The van der Waals surface area contributed by atoms with Gasteiger partial charge in [0.25, 0.3) is 5.56 Å². The number of hydrogen-bond donors (Lipinski definition) is 0. The molecule has 0 saturated carbocycles. The number of aryl methyl sites for hydroxylation is 1. The van der Waals surface area contributed by atoms with Gasteiger partial charge in [0, 0.05) is 28.9 Å². The molecule has 2 heterocycles. The van der Waals surface area contributed by atoms with E-state index in [1.807, 2.05) is 48.6 Å². The van der Waals surface area contributed by atoms with Crippen LogP contribution in [0.15, 0.2) is 52.4 Å². The summed E-state index contributed by atoms with van der Waals surface area (Å²) in [5.74, 6) is 1.14. The van der Waals surface area contributed by atoms with Crippen molar-refractivity contribution in [2.24, 2.45) is 0 Å². The fourth-order valence-electron chi connectivity index (χ4n) is 3.35. The lowest BCUT2D eigenvalue weighted by Gasteiger charge is -2.12. The summed E-state index contributed by atoms with van der Waals surface area (Å²) in [4.78, 5) is 13.2. The zero-order valence-electron chi connectivity index (χ0n) is 17.2. The van der Waals surface area contributed by atoms with Crippen LogP contribution in [0.1, 0.15) is 25.8 Å². The standard InChI is InChI=1S/C22H22Cl2N4O2S/c1-14(2)30-11-5-10-27-20(29)17-12-16(23)8-9-19(17)28-21(27)25-26-22(28)31-13-15-6-3-4-7-18(15)24/h3-4,6-9,12,14H,5,10-11,13H2,1-2H3. The average molecular weight is 477 g/mol. The van der Waals surface area contributed by atoms with Crippen molar-refractivity contribution in [3.8, 4) is 0 Å². The summed E-state index contributed by atoms with van der Waals surface area (Å²) < 4.78 is 9.19. The molecule has 0 saturated heterocycles. The van der Waals surface area contributed by atoms with Gasteiger partial charge in [-0.05, 0) is 50.1 Å². The Labute approximate surface area is 194 Å². The van der Waals surface area contributed by atoms with Crippen LogP contribution >= 0.6 is 35.0 Å². The first kappa shape index (κ1) is 22.1. The Bertz CT molecular complexity index is 1290. The summed E-state index contributed by atoms with van der Waals surface area (Å²) in [5.41, 5.74) is 1.60. The van der Waals surface area contributed by atoms with Crippen molar-refractivity contribution in [3.63, 3.8) is 0 Å². The number of ether oxygens (including phenoxy) is 1. The molecule has 0 aliphatic heterocycles. The molecule has 2 aromatic carbocycles. The van der Waals surface area contributed by atoms with Gasteiger partial charge in [0.15, 0.2) is 5.16 Å². The van der Waals surface area contributed by atoms with Crippen LogP contribution in [0.2, 0.25) is 10.0 Å². The molecule has 0 fully saturated rings. The van der Waals surface area contributed by atoms with Crippen molar-refractivity contribution in [2.45, 2.75) is 43.8 Å². The fourth-order valence-corrected chi connectivity index (χ4v) is 4.75. The highest BCUT2D eigenvalue weighted by atomic mass is 35.5. The molecule has 0 radical (unpaired) electrons. The van der Waals surface area contributed by atoms with Gasteiger partial charge in [-0.15, -0.1) is 10.2 Å². The van der Waals surface area contributed by atoms with Crippen LogP contribution in [-0.2, 0) is 17.0 Å². The highest BCUT2D eigenvalue weighted by Gasteiger charge is 2.17. The molecule has 0 atom stereocenters. The number of hydrogen-bond acceptors (Lipinski definition) is 5. The number of nitrogens with zero attached hydrogens (tertiary/aromatic N) is 4. The molecule has 31 heavy (non-hydrogen) atoms. The quantitative estimate of drug-likeness (QED) is 0.249. The zero-order valence-corrected chi connectivity index (χ0v) is 19.5. The van der Waals surface area contributed by atoms with Crippen molar-refractivity contribution < 1.29 is 4.74 Å². The Kier molecular flexibility index (Phi) is 6.86. The van der Waals surface area contributed by atoms with Gasteiger partial charge in [0.2, 0.25) is 5.78 Å². The van der Waals surface area contributed by atoms with Crippen LogP contribution in [0.3, 0.4) is 0 Å². The summed E-state index contributed by atoms with van der Waals surface area (Å²) in [5, 5.41) is 11.2. The van der Waals surface area contributed by atoms with Crippen LogP contribution in [0.5, 0.6) is 0 Å². The lowest BCUT2D eigenvalue weighted by Crippen LogP contribution is -2.24. The molecule has 0 unspecified atom stereocenters. The van der Waals surface area contributed by atoms with Crippen molar-refractivity contribution in [3.05, 3.63) is 68.4 Å². The molecular formula is C22H22Cl2N4O2S. The molecular weight excluding hydrogens is 455 g/mol. The van der Waals surface area contributed by atoms with E-state index in [2.05, 4.69) is 10.2 Å². The van der Waals surface area contributed by atoms with Gasteiger partial charge in [-0.1, -0.05) is 53.2 Å². The number of rotatable bonds is 8. The maximum atomic E-state index is 13.2. The fraction of sp³-hybridized carbons (Fsp3) is 0.318. The Morgan fingerprint density at radius 1 is 1.13 bits per heavy atom. The Hall–Kier alpha value is -2.06. The SMILES string of the molecule is CC(C)OCCCn1c(=O)c2cc(Cl)ccc2n2c(SCc3ccccc3Cl)nnc12. The van der Waals surface area contributed by atoms with Crippen molar-refractivity contribution >= 4 is 51.6 Å². The van der Waals surface area contributed by atoms with Crippen LogP contribution < -0.4 is 5.56 Å². The van der Waals surface area contributed by atoms with E-state index >= 15 is 0 Å². The normalized spacial score (nSPS) is 11.8. The van der Waals surface area contributed by atoms with E-state index in [-0.39, 0.29) is 11.7 Å². The molecule has 0 bridgehead atoms. The van der Waals surface area contributed by atoms with Gasteiger partial charge in [0.05, 0.1) is 17.0 Å². The third-order valence-corrected chi connectivity index (χ3v) is 6.41. The van der Waals surface area contributed by atoms with Gasteiger partial charge >= 0.3 is 0 Å². The number of thioether (sulfide) groups is 1. The van der Waals surface area contributed by atoms with Crippen molar-refractivity contribution in [1.29, 1.82) is 0 Å². The Morgan fingerprint density at radius 3 is 2.71 bits per heavy atom. The predicted octanol–water partition coefficient (Wildman–Crippen LogP) is 5.46. The van der Waals surface area contributed by atoms with E-state index in [4.69, 9.17) is 27.9 Å². The molecule has 0 amide bonds. The van der Waals surface area contributed by atoms with Gasteiger partial charge in [-0.3, -0.25) is 13.8 Å². The minimum atomic E-state index is -0.135. The summed E-state index contributed by atoms with van der Waals surface area (Å²) in [6, 6.07) is 13.0.